The highest BCUT2D eigenvalue weighted by Crippen LogP contribution is 2.28. The van der Waals surface area contributed by atoms with Crippen molar-refractivity contribution in [3.8, 4) is 0 Å². The van der Waals surface area contributed by atoms with Crippen molar-refractivity contribution >= 4 is 0 Å². The third kappa shape index (κ3) is 5.19. The first-order valence-corrected chi connectivity index (χ1v) is 5.48. The number of halogens is 3. The van der Waals surface area contributed by atoms with E-state index in [0.29, 0.717) is 26.3 Å². The smallest absolute Gasteiger partial charge is 0.380 e. The topological polar surface area (TPSA) is 21.3 Å². The maximum atomic E-state index is 12.3. The molecule has 5 heteroatoms. The van der Waals surface area contributed by atoms with Gasteiger partial charge in [0.2, 0.25) is 0 Å². The van der Waals surface area contributed by atoms with Gasteiger partial charge in [-0.05, 0) is 24.6 Å². The van der Waals surface area contributed by atoms with E-state index in [-0.39, 0.29) is 0 Å². The second-order valence-corrected chi connectivity index (χ2v) is 3.57. The molecule has 0 spiro atoms. The van der Waals surface area contributed by atoms with Gasteiger partial charge in [-0.3, -0.25) is 0 Å². The Balaban J connectivity index is 2.36. The zero-order chi connectivity index (χ0) is 12.7. The predicted molar refractivity (Wildman–Crippen MR) is 59.6 cm³/mol. The largest absolute Gasteiger partial charge is 0.416 e. The number of rotatable bonds is 6. The first kappa shape index (κ1) is 14.0. The molecule has 17 heavy (non-hydrogen) atoms. The Hall–Kier alpha value is -1.07. The summed E-state index contributed by atoms with van der Waals surface area (Å²) in [6.45, 7) is 4.43. The van der Waals surface area contributed by atoms with E-state index in [1.807, 2.05) is 6.92 Å². The van der Waals surface area contributed by atoms with Crippen molar-refractivity contribution in [2.24, 2.45) is 0 Å². The van der Waals surface area contributed by atoms with Crippen LogP contribution in [0.2, 0.25) is 0 Å². The fourth-order valence-electron chi connectivity index (χ4n) is 1.33. The maximum Gasteiger partial charge on any atom is 0.416 e. The molecule has 0 heterocycles. The van der Waals surface area contributed by atoms with Crippen LogP contribution in [0.1, 0.15) is 18.1 Å². The highest BCUT2D eigenvalue weighted by Gasteiger charge is 2.29. The van der Waals surface area contributed by atoms with Crippen molar-refractivity contribution in [2.45, 2.75) is 19.6 Å². The van der Waals surface area contributed by atoms with Crippen LogP contribution in [0, 0.1) is 0 Å². The van der Waals surface area contributed by atoms with Gasteiger partial charge >= 0.3 is 6.18 Å². The molecule has 1 rings (SSSR count). The molecule has 0 unspecified atom stereocenters. The number of ether oxygens (including phenoxy) is 1. The monoisotopic (exact) mass is 247 g/mol. The Kier molecular flexibility index (Phi) is 5.44. The SMILES string of the molecule is CCOCCNCc1ccc(C(F)(F)F)cc1. The summed E-state index contributed by atoms with van der Waals surface area (Å²) >= 11 is 0. The van der Waals surface area contributed by atoms with E-state index in [2.05, 4.69) is 5.32 Å². The molecule has 2 nitrogen and oxygen atoms in total. The molecule has 0 aliphatic rings. The standard InChI is InChI=1S/C12H16F3NO/c1-2-17-8-7-16-9-10-3-5-11(6-4-10)12(13,14)15/h3-6,16H,2,7-9H2,1H3. The lowest BCUT2D eigenvalue weighted by molar-refractivity contribution is -0.137. The summed E-state index contributed by atoms with van der Waals surface area (Å²) < 4.78 is 42.0. The summed E-state index contributed by atoms with van der Waals surface area (Å²) in [6.07, 6.45) is -4.26. The van der Waals surface area contributed by atoms with E-state index in [1.54, 1.807) is 0 Å². The Labute approximate surface area is 98.8 Å². The molecule has 0 fully saturated rings. The quantitative estimate of drug-likeness (QED) is 0.780. The van der Waals surface area contributed by atoms with Gasteiger partial charge in [0.25, 0.3) is 0 Å². The normalized spacial score (nSPS) is 11.8. The number of hydrogen-bond acceptors (Lipinski definition) is 2. The molecule has 96 valence electrons. The van der Waals surface area contributed by atoms with Crippen molar-refractivity contribution in [3.05, 3.63) is 35.4 Å². The average molecular weight is 247 g/mol. The van der Waals surface area contributed by atoms with Gasteiger partial charge in [0.15, 0.2) is 0 Å². The molecule has 0 saturated carbocycles. The van der Waals surface area contributed by atoms with Crippen LogP contribution < -0.4 is 5.32 Å². The second-order valence-electron chi connectivity index (χ2n) is 3.57. The third-order valence-corrected chi connectivity index (χ3v) is 2.24. The Bertz CT molecular complexity index is 322. The van der Waals surface area contributed by atoms with E-state index < -0.39 is 11.7 Å². The van der Waals surface area contributed by atoms with Crippen molar-refractivity contribution in [1.82, 2.24) is 5.32 Å². The van der Waals surface area contributed by atoms with Crippen LogP contribution in [0.5, 0.6) is 0 Å². The lowest BCUT2D eigenvalue weighted by Crippen LogP contribution is -2.19. The zero-order valence-corrected chi connectivity index (χ0v) is 9.68. The minimum absolute atomic E-state index is 0.547. The molecule has 0 aliphatic carbocycles. The number of benzene rings is 1. The fourth-order valence-corrected chi connectivity index (χ4v) is 1.33. The summed E-state index contributed by atoms with van der Waals surface area (Å²) in [5, 5.41) is 3.09. The molecule has 1 aromatic rings. The van der Waals surface area contributed by atoms with E-state index in [0.717, 1.165) is 17.7 Å². The molecule has 0 aliphatic heterocycles. The molecule has 1 aromatic carbocycles. The van der Waals surface area contributed by atoms with E-state index >= 15 is 0 Å². The van der Waals surface area contributed by atoms with E-state index in [1.165, 1.54) is 12.1 Å². The lowest BCUT2D eigenvalue weighted by atomic mass is 10.1. The third-order valence-electron chi connectivity index (χ3n) is 2.24. The second kappa shape index (κ2) is 6.61. The van der Waals surface area contributed by atoms with Crippen LogP contribution in [-0.2, 0) is 17.5 Å². The summed E-state index contributed by atoms with van der Waals surface area (Å²) in [7, 11) is 0. The van der Waals surface area contributed by atoms with Gasteiger partial charge in [-0.2, -0.15) is 13.2 Å². The summed E-state index contributed by atoms with van der Waals surface area (Å²) in [5.74, 6) is 0. The van der Waals surface area contributed by atoms with Crippen LogP contribution >= 0.6 is 0 Å². The molecular formula is C12H16F3NO. The van der Waals surface area contributed by atoms with Crippen molar-refractivity contribution in [3.63, 3.8) is 0 Å². The molecule has 1 N–H and O–H groups in total. The molecule has 0 saturated heterocycles. The minimum atomic E-state index is -4.26. The molecule has 0 aromatic heterocycles. The average Bonchev–Trinajstić information content (AvgIpc) is 2.28. The van der Waals surface area contributed by atoms with Crippen molar-refractivity contribution < 1.29 is 17.9 Å². The van der Waals surface area contributed by atoms with Crippen LogP contribution in [0.15, 0.2) is 24.3 Å². The van der Waals surface area contributed by atoms with Crippen LogP contribution in [0.3, 0.4) is 0 Å². The first-order valence-electron chi connectivity index (χ1n) is 5.48. The van der Waals surface area contributed by atoms with Crippen molar-refractivity contribution in [1.29, 1.82) is 0 Å². The van der Waals surface area contributed by atoms with Gasteiger partial charge in [0.1, 0.15) is 0 Å². The molecule has 0 radical (unpaired) electrons. The fraction of sp³-hybridized carbons (Fsp3) is 0.500. The molecule has 0 atom stereocenters. The Morgan fingerprint density at radius 3 is 2.35 bits per heavy atom. The number of alkyl halides is 3. The van der Waals surface area contributed by atoms with Gasteiger partial charge in [0.05, 0.1) is 12.2 Å². The van der Waals surface area contributed by atoms with Gasteiger partial charge in [-0.25, -0.2) is 0 Å². The maximum absolute atomic E-state index is 12.3. The van der Waals surface area contributed by atoms with E-state index in [4.69, 9.17) is 4.74 Å². The van der Waals surface area contributed by atoms with Gasteiger partial charge in [0, 0.05) is 19.7 Å². The molecular weight excluding hydrogens is 231 g/mol. The number of nitrogens with one attached hydrogen (secondary N) is 1. The van der Waals surface area contributed by atoms with Gasteiger partial charge in [-0.1, -0.05) is 12.1 Å². The minimum Gasteiger partial charge on any atom is -0.380 e. The van der Waals surface area contributed by atoms with Gasteiger partial charge in [-0.15, -0.1) is 0 Å². The Morgan fingerprint density at radius 1 is 1.18 bits per heavy atom. The summed E-state index contributed by atoms with van der Waals surface area (Å²) in [4.78, 5) is 0. The first-order chi connectivity index (χ1) is 8.04. The van der Waals surface area contributed by atoms with Crippen molar-refractivity contribution in [2.75, 3.05) is 19.8 Å². The van der Waals surface area contributed by atoms with Crippen LogP contribution in [0.25, 0.3) is 0 Å². The predicted octanol–water partition coefficient (Wildman–Crippen LogP) is 2.83. The molecule has 0 bridgehead atoms. The summed E-state index contributed by atoms with van der Waals surface area (Å²) in [5.41, 5.74) is 0.213. The van der Waals surface area contributed by atoms with Crippen LogP contribution in [-0.4, -0.2) is 19.8 Å². The Morgan fingerprint density at radius 2 is 1.82 bits per heavy atom. The summed E-state index contributed by atoms with van der Waals surface area (Å²) in [6, 6.07) is 5.16. The zero-order valence-electron chi connectivity index (χ0n) is 9.68. The van der Waals surface area contributed by atoms with Gasteiger partial charge < -0.3 is 10.1 Å². The number of hydrogen-bond donors (Lipinski definition) is 1. The lowest BCUT2D eigenvalue weighted by Gasteiger charge is -2.08. The molecule has 0 amide bonds. The van der Waals surface area contributed by atoms with Crippen LogP contribution in [0.4, 0.5) is 13.2 Å². The highest BCUT2D eigenvalue weighted by molar-refractivity contribution is 5.24. The van der Waals surface area contributed by atoms with E-state index in [9.17, 15) is 13.2 Å². The highest BCUT2D eigenvalue weighted by atomic mass is 19.4.